The van der Waals surface area contributed by atoms with Crippen molar-refractivity contribution in [3.05, 3.63) is 65.0 Å². The van der Waals surface area contributed by atoms with Gasteiger partial charge in [-0.2, -0.15) is 5.10 Å². The Kier molecular flexibility index (Phi) is 4.51. The number of hydrogen-bond acceptors (Lipinski definition) is 3. The lowest BCUT2D eigenvalue weighted by molar-refractivity contribution is -0.866. The maximum Gasteiger partial charge on any atom is 0.283 e. The standard InChI is InChI=1S/C18H22N4O2/c1-4-11-20-15(23)12-22(24)17(14-9-7-6-8-10-14)16-13(3)19-21(5-2)18(16)20/h4,6-10,17,22H,1,5,11-12H2,2-3H3. The number of fused-ring (bicyclic) bond motifs is 1. The number of aryl methyl sites for hydroxylation is 2. The van der Waals surface area contributed by atoms with E-state index in [0.29, 0.717) is 13.1 Å². The molecule has 3 rings (SSSR count). The van der Waals surface area contributed by atoms with Gasteiger partial charge in [-0.1, -0.05) is 36.4 Å². The Morgan fingerprint density at radius 2 is 2.12 bits per heavy atom. The van der Waals surface area contributed by atoms with Crippen LogP contribution in [-0.2, 0) is 11.3 Å². The van der Waals surface area contributed by atoms with E-state index in [1.54, 1.807) is 15.7 Å². The number of nitrogens with zero attached hydrogens (tertiary/aromatic N) is 3. The number of aromatic nitrogens is 2. The fourth-order valence-electron chi connectivity index (χ4n) is 3.37. The average molecular weight is 326 g/mol. The van der Waals surface area contributed by atoms with Crippen LogP contribution in [0.1, 0.15) is 29.8 Å². The van der Waals surface area contributed by atoms with E-state index in [2.05, 4.69) is 11.7 Å². The molecule has 1 N–H and O–H groups in total. The largest absolute Gasteiger partial charge is 0.633 e. The monoisotopic (exact) mass is 326 g/mol. The summed E-state index contributed by atoms with van der Waals surface area (Å²) in [5.41, 5.74) is 2.52. The molecule has 0 aliphatic carbocycles. The van der Waals surface area contributed by atoms with Crippen molar-refractivity contribution in [2.24, 2.45) is 0 Å². The smallest absolute Gasteiger partial charge is 0.283 e. The molecule has 0 spiro atoms. The number of anilines is 1. The van der Waals surface area contributed by atoms with Gasteiger partial charge in [-0.15, -0.1) is 6.58 Å². The fraction of sp³-hybridized carbons (Fsp3) is 0.333. The second-order valence-electron chi connectivity index (χ2n) is 5.92. The Labute approximate surface area is 141 Å². The Morgan fingerprint density at radius 1 is 1.42 bits per heavy atom. The predicted octanol–water partition coefficient (Wildman–Crippen LogP) is 1.22. The molecule has 126 valence electrons. The molecular weight excluding hydrogens is 304 g/mol. The molecule has 2 heterocycles. The van der Waals surface area contributed by atoms with Gasteiger partial charge in [0.15, 0.2) is 6.54 Å². The van der Waals surface area contributed by atoms with E-state index < -0.39 is 6.04 Å². The minimum Gasteiger partial charge on any atom is -0.633 e. The number of hydrogen-bond donors (Lipinski definition) is 1. The van der Waals surface area contributed by atoms with Crippen LogP contribution < -0.4 is 9.96 Å². The second kappa shape index (κ2) is 6.59. The van der Waals surface area contributed by atoms with Crippen LogP contribution in [0.4, 0.5) is 5.82 Å². The molecule has 1 aromatic carbocycles. The van der Waals surface area contributed by atoms with Gasteiger partial charge in [0.1, 0.15) is 11.9 Å². The summed E-state index contributed by atoms with van der Waals surface area (Å²) in [5.74, 6) is 0.522. The van der Waals surface area contributed by atoms with Crippen molar-refractivity contribution in [2.75, 3.05) is 18.0 Å². The SMILES string of the molecule is C=CCN1C(=O)C[NH+]([O-])C(c2ccccc2)c2c(C)nn(CC)c21. The van der Waals surface area contributed by atoms with Gasteiger partial charge in [0.05, 0.1) is 11.3 Å². The van der Waals surface area contributed by atoms with Crippen LogP contribution >= 0.6 is 0 Å². The predicted molar refractivity (Wildman–Crippen MR) is 92.7 cm³/mol. The van der Waals surface area contributed by atoms with Gasteiger partial charge >= 0.3 is 0 Å². The van der Waals surface area contributed by atoms with Gasteiger partial charge < -0.3 is 10.3 Å². The molecule has 6 nitrogen and oxygen atoms in total. The molecule has 6 heteroatoms. The van der Waals surface area contributed by atoms with Crippen LogP contribution in [0.15, 0.2) is 43.0 Å². The average Bonchev–Trinajstić information content (AvgIpc) is 2.84. The highest BCUT2D eigenvalue weighted by Crippen LogP contribution is 2.33. The summed E-state index contributed by atoms with van der Waals surface area (Å²) in [7, 11) is 0. The zero-order valence-corrected chi connectivity index (χ0v) is 14.0. The van der Waals surface area contributed by atoms with E-state index >= 15 is 0 Å². The molecule has 0 fully saturated rings. The van der Waals surface area contributed by atoms with Gasteiger partial charge in [-0.25, -0.2) is 4.68 Å². The van der Waals surface area contributed by atoms with Gasteiger partial charge in [-0.3, -0.25) is 9.69 Å². The molecule has 1 aliphatic rings. The summed E-state index contributed by atoms with van der Waals surface area (Å²) in [6.45, 7) is 8.51. The number of amides is 1. The van der Waals surface area contributed by atoms with Gasteiger partial charge in [-0.05, 0) is 13.8 Å². The van der Waals surface area contributed by atoms with Crippen LogP contribution in [0.5, 0.6) is 0 Å². The molecule has 1 amide bonds. The summed E-state index contributed by atoms with van der Waals surface area (Å²) in [5, 5.41) is 17.4. The van der Waals surface area contributed by atoms with Crippen molar-refractivity contribution in [1.82, 2.24) is 9.78 Å². The lowest BCUT2D eigenvalue weighted by atomic mass is 9.98. The Hall–Kier alpha value is -2.44. The molecule has 0 radical (unpaired) electrons. The first-order chi connectivity index (χ1) is 11.6. The van der Waals surface area contributed by atoms with Crippen LogP contribution in [-0.4, -0.2) is 28.8 Å². The van der Waals surface area contributed by atoms with Crippen molar-refractivity contribution in [2.45, 2.75) is 26.4 Å². The quantitative estimate of drug-likeness (QED) is 0.678. The van der Waals surface area contributed by atoms with Crippen LogP contribution in [0.2, 0.25) is 0 Å². The highest BCUT2D eigenvalue weighted by molar-refractivity contribution is 5.95. The summed E-state index contributed by atoms with van der Waals surface area (Å²) in [6, 6.07) is 9.15. The molecule has 2 aromatic rings. The minimum atomic E-state index is -0.458. The molecule has 1 aromatic heterocycles. The molecule has 0 saturated heterocycles. The number of quaternary nitrogens is 1. The van der Waals surface area contributed by atoms with Gasteiger partial charge in [0, 0.05) is 18.7 Å². The normalized spacial score (nSPS) is 20.6. The van der Waals surface area contributed by atoms with Crippen molar-refractivity contribution < 1.29 is 9.86 Å². The van der Waals surface area contributed by atoms with E-state index in [1.807, 2.05) is 44.2 Å². The highest BCUT2D eigenvalue weighted by atomic mass is 16.5. The lowest BCUT2D eigenvalue weighted by Crippen LogP contribution is -3.08. The third-order valence-electron chi connectivity index (χ3n) is 4.38. The Balaban J connectivity index is 2.25. The summed E-state index contributed by atoms with van der Waals surface area (Å²) >= 11 is 0. The van der Waals surface area contributed by atoms with E-state index in [0.717, 1.165) is 22.6 Å². The third-order valence-corrected chi connectivity index (χ3v) is 4.38. The van der Waals surface area contributed by atoms with E-state index in [4.69, 9.17) is 0 Å². The van der Waals surface area contributed by atoms with Crippen LogP contribution in [0.3, 0.4) is 0 Å². The first-order valence-corrected chi connectivity index (χ1v) is 8.14. The third kappa shape index (κ3) is 2.64. The van der Waals surface area contributed by atoms with Crippen LogP contribution in [0.25, 0.3) is 0 Å². The fourth-order valence-corrected chi connectivity index (χ4v) is 3.37. The van der Waals surface area contributed by atoms with Crippen molar-refractivity contribution in [3.8, 4) is 0 Å². The number of carbonyl (C=O) groups is 1. The number of carbonyl (C=O) groups excluding carboxylic acids is 1. The molecule has 2 atom stereocenters. The molecule has 1 aliphatic heterocycles. The molecule has 0 bridgehead atoms. The maximum atomic E-state index is 12.9. The molecule has 0 saturated carbocycles. The van der Waals surface area contributed by atoms with Crippen LogP contribution in [0, 0.1) is 12.1 Å². The molecule has 2 unspecified atom stereocenters. The topological polar surface area (TPSA) is 65.6 Å². The Bertz CT molecular complexity index is 754. The lowest BCUT2D eigenvalue weighted by Gasteiger charge is -2.29. The number of rotatable bonds is 4. The number of nitrogens with one attached hydrogen (secondary N) is 1. The number of benzene rings is 1. The van der Waals surface area contributed by atoms with Gasteiger partial charge in [0.25, 0.3) is 5.91 Å². The first-order valence-electron chi connectivity index (χ1n) is 8.14. The van der Waals surface area contributed by atoms with E-state index in [9.17, 15) is 10.0 Å². The van der Waals surface area contributed by atoms with Crippen molar-refractivity contribution in [3.63, 3.8) is 0 Å². The summed E-state index contributed by atoms with van der Waals surface area (Å²) < 4.78 is 1.81. The highest BCUT2D eigenvalue weighted by Gasteiger charge is 2.38. The summed E-state index contributed by atoms with van der Waals surface area (Å²) in [6.07, 6.45) is 1.68. The molecular formula is C18H22N4O2. The van der Waals surface area contributed by atoms with E-state index in [-0.39, 0.29) is 17.5 Å². The first kappa shape index (κ1) is 16.4. The van der Waals surface area contributed by atoms with Gasteiger partial charge in [0.2, 0.25) is 0 Å². The van der Waals surface area contributed by atoms with E-state index in [1.165, 1.54) is 0 Å². The zero-order chi connectivity index (χ0) is 17.3. The zero-order valence-electron chi connectivity index (χ0n) is 14.0. The number of hydroxylamine groups is 2. The Morgan fingerprint density at radius 3 is 2.75 bits per heavy atom. The summed E-state index contributed by atoms with van der Waals surface area (Å²) in [4.78, 5) is 14.3. The second-order valence-corrected chi connectivity index (χ2v) is 5.92. The maximum absolute atomic E-state index is 12.9. The van der Waals surface area contributed by atoms with Crippen molar-refractivity contribution in [1.29, 1.82) is 0 Å². The molecule has 24 heavy (non-hydrogen) atoms. The van der Waals surface area contributed by atoms with Crippen molar-refractivity contribution >= 4 is 11.7 Å². The minimum absolute atomic E-state index is 0.0854.